The maximum atomic E-state index is 2.35. The zero-order chi connectivity index (χ0) is 9.56. The van der Waals surface area contributed by atoms with Crippen LogP contribution in [-0.4, -0.2) is 0 Å². The van der Waals surface area contributed by atoms with E-state index in [2.05, 4.69) is 40.7 Å². The quantitative estimate of drug-likeness (QED) is 0.426. The van der Waals surface area contributed by atoms with Crippen molar-refractivity contribution < 1.29 is 0 Å². The molecule has 0 spiro atoms. The third-order valence-electron chi connectivity index (χ3n) is 2.35. The van der Waals surface area contributed by atoms with E-state index in [9.17, 15) is 0 Å². The van der Waals surface area contributed by atoms with Crippen LogP contribution in [-0.2, 0) is 0 Å². The standard InChI is InChI=1S/C12H22/c1-6-7-8-9-11(4)12(5)10(2)3/h9H,6-8H2,1-5H3. The Labute approximate surface area is 77.4 Å². The van der Waals surface area contributed by atoms with Crippen molar-refractivity contribution in [1.82, 2.24) is 0 Å². The second-order valence-electron chi connectivity index (χ2n) is 3.65. The summed E-state index contributed by atoms with van der Waals surface area (Å²) >= 11 is 0. The number of hydrogen-bond donors (Lipinski definition) is 0. The van der Waals surface area contributed by atoms with Gasteiger partial charge in [0, 0.05) is 0 Å². The van der Waals surface area contributed by atoms with Gasteiger partial charge in [-0.3, -0.25) is 0 Å². The maximum Gasteiger partial charge on any atom is -0.0345 e. The summed E-state index contributed by atoms with van der Waals surface area (Å²) in [5.41, 5.74) is 4.33. The summed E-state index contributed by atoms with van der Waals surface area (Å²) in [6.45, 7) is 11.0. The van der Waals surface area contributed by atoms with E-state index in [0.29, 0.717) is 0 Å². The molecule has 0 fully saturated rings. The average Bonchev–Trinajstić information content (AvgIpc) is 2.03. The molecule has 0 nitrogen and oxygen atoms in total. The van der Waals surface area contributed by atoms with Crippen molar-refractivity contribution >= 4 is 0 Å². The molecule has 12 heavy (non-hydrogen) atoms. The lowest BCUT2D eigenvalue weighted by Crippen LogP contribution is -1.83. The Hall–Kier alpha value is -0.520. The van der Waals surface area contributed by atoms with Crippen molar-refractivity contribution in [1.29, 1.82) is 0 Å². The molecule has 0 amide bonds. The van der Waals surface area contributed by atoms with E-state index >= 15 is 0 Å². The summed E-state index contributed by atoms with van der Waals surface area (Å²) < 4.78 is 0. The summed E-state index contributed by atoms with van der Waals surface area (Å²) in [7, 11) is 0. The molecule has 0 unspecified atom stereocenters. The highest BCUT2D eigenvalue weighted by atomic mass is 14.0. The van der Waals surface area contributed by atoms with Crippen molar-refractivity contribution in [2.45, 2.75) is 53.9 Å². The summed E-state index contributed by atoms with van der Waals surface area (Å²) in [5.74, 6) is 0. The van der Waals surface area contributed by atoms with E-state index < -0.39 is 0 Å². The highest BCUT2D eigenvalue weighted by molar-refractivity contribution is 5.30. The van der Waals surface area contributed by atoms with Gasteiger partial charge in [-0.05, 0) is 39.7 Å². The van der Waals surface area contributed by atoms with Crippen LogP contribution >= 0.6 is 0 Å². The lowest BCUT2D eigenvalue weighted by molar-refractivity contribution is 0.811. The Morgan fingerprint density at radius 3 is 2.08 bits per heavy atom. The van der Waals surface area contributed by atoms with Crippen LogP contribution < -0.4 is 0 Å². The molecule has 0 aromatic rings. The molecule has 0 atom stereocenters. The molecule has 0 aromatic carbocycles. The Morgan fingerprint density at radius 1 is 1.08 bits per heavy atom. The molecule has 0 rings (SSSR count). The fourth-order valence-corrected chi connectivity index (χ4v) is 1.07. The molecule has 0 heteroatoms. The Kier molecular flexibility index (Phi) is 5.79. The minimum Gasteiger partial charge on any atom is -0.0813 e. The molecule has 0 saturated carbocycles. The van der Waals surface area contributed by atoms with Gasteiger partial charge in [0.1, 0.15) is 0 Å². The molecule has 70 valence electrons. The number of hydrogen-bond acceptors (Lipinski definition) is 0. The first-order valence-corrected chi connectivity index (χ1v) is 4.90. The van der Waals surface area contributed by atoms with Gasteiger partial charge >= 0.3 is 0 Å². The van der Waals surface area contributed by atoms with Crippen LogP contribution in [0.5, 0.6) is 0 Å². The summed E-state index contributed by atoms with van der Waals surface area (Å²) in [6, 6.07) is 0. The van der Waals surface area contributed by atoms with Crippen LogP contribution in [0.1, 0.15) is 53.9 Å². The van der Waals surface area contributed by atoms with Crippen LogP contribution in [0.3, 0.4) is 0 Å². The molecule has 0 aliphatic carbocycles. The lowest BCUT2D eigenvalue weighted by Gasteiger charge is -2.03. The van der Waals surface area contributed by atoms with E-state index in [-0.39, 0.29) is 0 Å². The van der Waals surface area contributed by atoms with Gasteiger partial charge in [0.15, 0.2) is 0 Å². The van der Waals surface area contributed by atoms with E-state index in [0.717, 1.165) is 0 Å². The zero-order valence-corrected chi connectivity index (χ0v) is 9.20. The summed E-state index contributed by atoms with van der Waals surface area (Å²) in [5, 5.41) is 0. The van der Waals surface area contributed by atoms with Gasteiger partial charge in [-0.15, -0.1) is 0 Å². The second-order valence-corrected chi connectivity index (χ2v) is 3.65. The molecular weight excluding hydrogens is 144 g/mol. The molecule has 0 saturated heterocycles. The van der Waals surface area contributed by atoms with Crippen molar-refractivity contribution in [2.75, 3.05) is 0 Å². The Morgan fingerprint density at radius 2 is 1.67 bits per heavy atom. The highest BCUT2D eigenvalue weighted by Crippen LogP contribution is 2.14. The monoisotopic (exact) mass is 166 g/mol. The van der Waals surface area contributed by atoms with Gasteiger partial charge in [-0.2, -0.15) is 0 Å². The van der Waals surface area contributed by atoms with Gasteiger partial charge in [0.25, 0.3) is 0 Å². The normalized spacial score (nSPS) is 11.6. The third kappa shape index (κ3) is 4.38. The van der Waals surface area contributed by atoms with Crippen LogP contribution in [0.2, 0.25) is 0 Å². The highest BCUT2D eigenvalue weighted by Gasteiger charge is 1.93. The predicted octanol–water partition coefficient (Wildman–Crippen LogP) is 4.48. The molecule has 0 aliphatic heterocycles. The number of unbranched alkanes of at least 4 members (excludes halogenated alkanes) is 2. The molecule has 0 aliphatic rings. The largest absolute Gasteiger partial charge is 0.0813 e. The first-order valence-electron chi connectivity index (χ1n) is 4.90. The number of rotatable bonds is 4. The van der Waals surface area contributed by atoms with Gasteiger partial charge in [-0.25, -0.2) is 0 Å². The molecule has 0 radical (unpaired) electrons. The van der Waals surface area contributed by atoms with E-state index in [1.165, 1.54) is 36.0 Å². The van der Waals surface area contributed by atoms with E-state index in [1.807, 2.05) is 0 Å². The van der Waals surface area contributed by atoms with Crippen molar-refractivity contribution in [3.63, 3.8) is 0 Å². The van der Waals surface area contributed by atoms with Crippen LogP contribution in [0.4, 0.5) is 0 Å². The van der Waals surface area contributed by atoms with Crippen LogP contribution in [0.25, 0.3) is 0 Å². The van der Waals surface area contributed by atoms with Crippen molar-refractivity contribution in [2.24, 2.45) is 0 Å². The molecule has 0 N–H and O–H groups in total. The van der Waals surface area contributed by atoms with E-state index in [1.54, 1.807) is 0 Å². The summed E-state index contributed by atoms with van der Waals surface area (Å²) in [4.78, 5) is 0. The SMILES string of the molecule is CCCCC=C(C)C(C)=C(C)C. The van der Waals surface area contributed by atoms with Crippen molar-refractivity contribution in [3.05, 3.63) is 22.8 Å². The van der Waals surface area contributed by atoms with Gasteiger partial charge in [0.2, 0.25) is 0 Å². The predicted molar refractivity (Wildman–Crippen MR) is 57.3 cm³/mol. The smallest absolute Gasteiger partial charge is 0.0345 e. The molecule has 0 heterocycles. The summed E-state index contributed by atoms with van der Waals surface area (Å²) in [6.07, 6.45) is 6.18. The Bertz CT molecular complexity index is 178. The minimum absolute atomic E-state index is 1.23. The zero-order valence-electron chi connectivity index (χ0n) is 9.20. The van der Waals surface area contributed by atoms with Gasteiger partial charge in [-0.1, -0.05) is 37.0 Å². The second kappa shape index (κ2) is 6.05. The average molecular weight is 166 g/mol. The molecule has 0 bridgehead atoms. The topological polar surface area (TPSA) is 0 Å². The first kappa shape index (κ1) is 11.5. The van der Waals surface area contributed by atoms with Crippen LogP contribution in [0, 0.1) is 0 Å². The van der Waals surface area contributed by atoms with Gasteiger partial charge in [0.05, 0.1) is 0 Å². The minimum atomic E-state index is 1.23. The molecular formula is C12H22. The van der Waals surface area contributed by atoms with Crippen LogP contribution in [0.15, 0.2) is 22.8 Å². The van der Waals surface area contributed by atoms with E-state index in [4.69, 9.17) is 0 Å². The van der Waals surface area contributed by atoms with Gasteiger partial charge < -0.3 is 0 Å². The third-order valence-corrected chi connectivity index (χ3v) is 2.35. The van der Waals surface area contributed by atoms with Crippen molar-refractivity contribution in [3.8, 4) is 0 Å². The molecule has 0 aromatic heterocycles. The lowest BCUT2D eigenvalue weighted by atomic mass is 10.0. The maximum absolute atomic E-state index is 2.35. The first-order chi connectivity index (χ1) is 5.59. The fourth-order valence-electron chi connectivity index (χ4n) is 1.07. The Balaban J connectivity index is 4.10. The number of allylic oxidation sites excluding steroid dienone is 4. The fraction of sp³-hybridized carbons (Fsp3) is 0.667.